The van der Waals surface area contributed by atoms with Gasteiger partial charge in [-0.05, 0) is 18.9 Å². The number of rotatable bonds is 6. The topological polar surface area (TPSA) is 148 Å². The second kappa shape index (κ2) is 8.25. The first-order chi connectivity index (χ1) is 10.8. The minimum Gasteiger partial charge on any atom is -0.465 e. The van der Waals surface area contributed by atoms with Gasteiger partial charge in [-0.25, -0.2) is 4.79 Å². The van der Waals surface area contributed by atoms with Crippen LogP contribution in [0, 0.1) is 6.92 Å². The molecule has 126 valence electrons. The average molecular weight is 343 g/mol. The minimum absolute atomic E-state index is 0.00505. The van der Waals surface area contributed by atoms with Gasteiger partial charge in [0.1, 0.15) is 5.00 Å². The number of hydrogen-bond acceptors (Lipinski definition) is 7. The Morgan fingerprint density at radius 1 is 1.26 bits per heavy atom. The molecule has 9 nitrogen and oxygen atoms in total. The van der Waals surface area contributed by atoms with Gasteiger partial charge >= 0.3 is 17.8 Å². The van der Waals surface area contributed by atoms with E-state index in [0.717, 1.165) is 18.4 Å². The highest BCUT2D eigenvalue weighted by atomic mass is 32.1. The summed E-state index contributed by atoms with van der Waals surface area (Å²) in [6, 6.07) is 0. The summed E-state index contributed by atoms with van der Waals surface area (Å²) < 4.78 is 4.61. The highest BCUT2D eigenvalue weighted by Gasteiger charge is 2.26. The van der Waals surface area contributed by atoms with Crippen molar-refractivity contribution in [1.82, 2.24) is 5.32 Å². The lowest BCUT2D eigenvalue weighted by atomic mass is 10.1. The number of nitrogens with one attached hydrogen (secondary N) is 2. The zero-order valence-electron chi connectivity index (χ0n) is 12.6. The van der Waals surface area contributed by atoms with E-state index in [9.17, 15) is 19.2 Å². The molecule has 0 aromatic carbocycles. The number of esters is 1. The maximum atomic E-state index is 11.8. The van der Waals surface area contributed by atoms with E-state index in [4.69, 9.17) is 10.8 Å². The van der Waals surface area contributed by atoms with Crippen LogP contribution in [-0.2, 0) is 14.3 Å². The van der Waals surface area contributed by atoms with Crippen molar-refractivity contribution in [3.8, 4) is 0 Å². The second-order valence-corrected chi connectivity index (χ2v) is 5.42. The Labute approximate surface area is 135 Å². The van der Waals surface area contributed by atoms with Gasteiger partial charge < -0.3 is 26.2 Å². The van der Waals surface area contributed by atoms with E-state index >= 15 is 0 Å². The van der Waals surface area contributed by atoms with Crippen LogP contribution in [0.25, 0.3) is 0 Å². The molecular weight excluding hydrogens is 326 g/mol. The molecule has 0 aliphatic heterocycles. The molecule has 0 aliphatic rings. The molecule has 23 heavy (non-hydrogen) atoms. The molecule has 1 aromatic heterocycles. The number of ether oxygens (including phenoxy) is 1. The number of carbonyl (C=O) groups excluding carboxylic acids is 4. The largest absolute Gasteiger partial charge is 0.465 e. The summed E-state index contributed by atoms with van der Waals surface area (Å²) in [4.78, 5) is 46.7. The third-order valence-corrected chi connectivity index (χ3v) is 4.04. The lowest BCUT2D eigenvalue weighted by Gasteiger charge is -2.06. The number of hydrogen-bond donors (Lipinski definition) is 4. The Morgan fingerprint density at radius 2 is 1.91 bits per heavy atom. The first-order valence-electron chi connectivity index (χ1n) is 6.55. The van der Waals surface area contributed by atoms with Crippen molar-refractivity contribution in [2.75, 3.05) is 25.6 Å². The Kier molecular flexibility index (Phi) is 6.66. The van der Waals surface area contributed by atoms with E-state index in [0.29, 0.717) is 6.42 Å². The molecule has 3 amide bonds. The number of amides is 3. The fraction of sp³-hybridized carbons (Fsp3) is 0.385. The molecule has 0 aliphatic carbocycles. The van der Waals surface area contributed by atoms with Gasteiger partial charge in [-0.3, -0.25) is 14.4 Å². The van der Waals surface area contributed by atoms with Gasteiger partial charge in [0.05, 0.1) is 17.6 Å². The summed E-state index contributed by atoms with van der Waals surface area (Å²) in [5.41, 5.74) is 5.46. The Bertz CT molecular complexity index is 640. The smallest absolute Gasteiger partial charge is 0.341 e. The number of nitrogens with two attached hydrogens (primary N) is 1. The standard InChI is InChI=1S/C13H17N3O6S/c1-6-7(13(21)22-2)12(23-8(6)9(14)18)16-11(20)10(19)15-4-3-5-17/h17H,3-5H2,1-2H3,(H2,14,18)(H,15,19)(H,16,20). The average Bonchev–Trinajstić information content (AvgIpc) is 2.83. The summed E-state index contributed by atoms with van der Waals surface area (Å²) >= 11 is 0.785. The van der Waals surface area contributed by atoms with Gasteiger partial charge in [-0.1, -0.05) is 0 Å². The van der Waals surface area contributed by atoms with Gasteiger partial charge in [0, 0.05) is 13.2 Å². The van der Waals surface area contributed by atoms with Crippen molar-refractivity contribution in [3.63, 3.8) is 0 Å². The maximum absolute atomic E-state index is 11.8. The lowest BCUT2D eigenvalue weighted by molar-refractivity contribution is -0.136. The quantitative estimate of drug-likeness (QED) is 0.307. The zero-order chi connectivity index (χ0) is 17.6. The Hall–Kier alpha value is -2.46. The molecular formula is C13H17N3O6S. The molecule has 1 aromatic rings. The third-order valence-electron chi connectivity index (χ3n) is 2.81. The van der Waals surface area contributed by atoms with Crippen LogP contribution < -0.4 is 16.4 Å². The van der Waals surface area contributed by atoms with Crippen molar-refractivity contribution < 1.29 is 29.0 Å². The first-order valence-corrected chi connectivity index (χ1v) is 7.36. The van der Waals surface area contributed by atoms with Crippen molar-refractivity contribution in [3.05, 3.63) is 16.0 Å². The van der Waals surface area contributed by atoms with E-state index < -0.39 is 23.7 Å². The van der Waals surface area contributed by atoms with Crippen molar-refractivity contribution in [2.45, 2.75) is 13.3 Å². The number of thiophene rings is 1. The van der Waals surface area contributed by atoms with Gasteiger partial charge in [0.15, 0.2) is 0 Å². The van der Waals surface area contributed by atoms with Crippen molar-refractivity contribution >= 4 is 40.0 Å². The lowest BCUT2D eigenvalue weighted by Crippen LogP contribution is -2.36. The van der Waals surface area contributed by atoms with Gasteiger partial charge in [-0.2, -0.15) is 0 Å². The highest BCUT2D eigenvalue weighted by Crippen LogP contribution is 2.33. The molecule has 0 spiro atoms. The van der Waals surface area contributed by atoms with Gasteiger partial charge in [0.25, 0.3) is 5.91 Å². The molecule has 0 bridgehead atoms. The van der Waals surface area contributed by atoms with Crippen LogP contribution in [0.3, 0.4) is 0 Å². The highest BCUT2D eigenvalue weighted by molar-refractivity contribution is 7.18. The molecule has 0 fully saturated rings. The fourth-order valence-corrected chi connectivity index (χ4v) is 2.75. The summed E-state index contributed by atoms with van der Waals surface area (Å²) in [5, 5.41) is 13.2. The predicted octanol–water partition coefficient (Wildman–Crippen LogP) is -0.621. The van der Waals surface area contributed by atoms with Crippen LogP contribution in [0.4, 0.5) is 5.00 Å². The molecule has 10 heteroatoms. The van der Waals surface area contributed by atoms with Crippen molar-refractivity contribution in [2.24, 2.45) is 5.73 Å². The number of aliphatic hydroxyl groups excluding tert-OH is 1. The molecule has 1 rings (SSSR count). The van der Waals surface area contributed by atoms with Gasteiger partial charge in [0.2, 0.25) is 0 Å². The molecule has 1 heterocycles. The third kappa shape index (κ3) is 4.50. The molecule has 0 saturated heterocycles. The SMILES string of the molecule is COC(=O)c1c(NC(=O)C(=O)NCCCO)sc(C(N)=O)c1C. The van der Waals surface area contributed by atoms with Crippen molar-refractivity contribution in [1.29, 1.82) is 0 Å². The minimum atomic E-state index is -1.01. The van der Waals surface area contributed by atoms with Crippen LogP contribution in [0.1, 0.15) is 32.0 Å². The maximum Gasteiger partial charge on any atom is 0.341 e. The second-order valence-electron chi connectivity index (χ2n) is 4.40. The number of aliphatic hydroxyl groups is 1. The van der Waals surface area contributed by atoms with Crippen LogP contribution in [0.5, 0.6) is 0 Å². The fourth-order valence-electron chi connectivity index (χ4n) is 1.71. The van der Waals surface area contributed by atoms with E-state index in [1.165, 1.54) is 6.92 Å². The summed E-state index contributed by atoms with van der Waals surface area (Å²) in [6.45, 7) is 1.49. The molecule has 0 radical (unpaired) electrons. The number of anilines is 1. The summed E-state index contributed by atoms with van der Waals surface area (Å²) in [7, 11) is 1.15. The zero-order valence-corrected chi connectivity index (χ0v) is 13.4. The monoisotopic (exact) mass is 343 g/mol. The summed E-state index contributed by atoms with van der Waals surface area (Å²) in [6.07, 6.45) is 0.302. The van der Waals surface area contributed by atoms with Crippen LogP contribution in [0.15, 0.2) is 0 Å². The van der Waals surface area contributed by atoms with Crippen LogP contribution in [-0.4, -0.2) is 49.1 Å². The Morgan fingerprint density at radius 3 is 2.43 bits per heavy atom. The van der Waals surface area contributed by atoms with Gasteiger partial charge in [-0.15, -0.1) is 11.3 Å². The normalized spacial score (nSPS) is 10.0. The van der Waals surface area contributed by atoms with E-state index in [1.54, 1.807) is 0 Å². The molecule has 5 N–H and O–H groups in total. The predicted molar refractivity (Wildman–Crippen MR) is 82.3 cm³/mol. The molecule has 0 saturated carbocycles. The first kappa shape index (κ1) is 18.6. The summed E-state index contributed by atoms with van der Waals surface area (Å²) in [5.74, 6) is -3.46. The number of methoxy groups -OCH3 is 1. The number of carbonyl (C=O) groups is 4. The Balaban J connectivity index is 3.01. The van der Waals surface area contributed by atoms with Crippen LogP contribution in [0.2, 0.25) is 0 Å². The molecule has 0 unspecified atom stereocenters. The van der Waals surface area contributed by atoms with Crippen LogP contribution >= 0.6 is 11.3 Å². The van der Waals surface area contributed by atoms with E-state index in [1.807, 2.05) is 0 Å². The van der Waals surface area contributed by atoms with E-state index in [2.05, 4.69) is 15.4 Å². The van der Waals surface area contributed by atoms with E-state index in [-0.39, 0.29) is 34.2 Å². The number of primary amides is 1. The molecule has 0 atom stereocenters.